The molecule has 1 N–H and O–H groups in total. The number of hydrogen-bond donors (Lipinski definition) is 1. The van der Waals surface area contributed by atoms with E-state index in [0.717, 1.165) is 30.8 Å². The molecule has 0 saturated carbocycles. The van der Waals surface area contributed by atoms with Gasteiger partial charge < -0.3 is 5.32 Å². The maximum Gasteiger partial charge on any atom is 0.405 e. The number of nitrogens with zero attached hydrogens (tertiary/aromatic N) is 1. The highest BCUT2D eigenvalue weighted by molar-refractivity contribution is 7.99. The van der Waals surface area contributed by atoms with Gasteiger partial charge in [0.2, 0.25) is 0 Å². The second-order valence-corrected chi connectivity index (χ2v) is 5.92. The van der Waals surface area contributed by atoms with E-state index < -0.39 is 12.2 Å². The maximum absolute atomic E-state index is 13.0. The van der Waals surface area contributed by atoms with Crippen molar-refractivity contribution >= 4 is 11.8 Å². The molecule has 6 heteroatoms. The summed E-state index contributed by atoms with van der Waals surface area (Å²) in [6.45, 7) is 1.32. The van der Waals surface area contributed by atoms with E-state index in [4.69, 9.17) is 0 Å². The third-order valence-corrected chi connectivity index (χ3v) is 4.59. The van der Waals surface area contributed by atoms with E-state index in [-0.39, 0.29) is 12.6 Å². The van der Waals surface area contributed by atoms with Gasteiger partial charge in [0.05, 0.1) is 0 Å². The smallest absolute Gasteiger partial charge is 0.315 e. The first-order valence-corrected chi connectivity index (χ1v) is 7.35. The van der Waals surface area contributed by atoms with Crippen molar-refractivity contribution in [2.75, 3.05) is 31.1 Å². The SMILES string of the molecule is FC(F)(F)C1CNCCCN1C1CCSCC1. The molecule has 2 aliphatic heterocycles. The van der Waals surface area contributed by atoms with Crippen LogP contribution in [0.25, 0.3) is 0 Å². The fourth-order valence-electron chi connectivity index (χ4n) is 2.66. The lowest BCUT2D eigenvalue weighted by Crippen LogP contribution is -2.54. The second kappa shape index (κ2) is 5.80. The lowest BCUT2D eigenvalue weighted by Gasteiger charge is -2.39. The third kappa shape index (κ3) is 3.51. The van der Waals surface area contributed by atoms with Crippen LogP contribution >= 0.6 is 11.8 Å². The van der Waals surface area contributed by atoms with Crippen LogP contribution in [0.2, 0.25) is 0 Å². The van der Waals surface area contributed by atoms with E-state index in [1.54, 1.807) is 4.90 Å². The van der Waals surface area contributed by atoms with Gasteiger partial charge in [0.25, 0.3) is 0 Å². The normalized spacial score (nSPS) is 30.2. The van der Waals surface area contributed by atoms with E-state index in [1.165, 1.54) is 0 Å². The summed E-state index contributed by atoms with van der Waals surface area (Å²) in [6.07, 6.45) is -1.49. The van der Waals surface area contributed by atoms with Crippen LogP contribution in [0, 0.1) is 0 Å². The molecule has 0 aromatic carbocycles. The van der Waals surface area contributed by atoms with Crippen LogP contribution in [0.3, 0.4) is 0 Å². The summed E-state index contributed by atoms with van der Waals surface area (Å²) < 4.78 is 39.1. The fourth-order valence-corrected chi connectivity index (χ4v) is 3.74. The predicted molar refractivity (Wildman–Crippen MR) is 64.4 cm³/mol. The fraction of sp³-hybridized carbons (Fsp3) is 1.00. The van der Waals surface area contributed by atoms with E-state index in [0.29, 0.717) is 13.1 Å². The molecule has 0 aliphatic carbocycles. The molecule has 100 valence electrons. The van der Waals surface area contributed by atoms with Gasteiger partial charge in [0, 0.05) is 19.1 Å². The molecule has 0 amide bonds. The van der Waals surface area contributed by atoms with Gasteiger partial charge in [0.15, 0.2) is 0 Å². The zero-order chi connectivity index (χ0) is 12.3. The largest absolute Gasteiger partial charge is 0.405 e. The van der Waals surface area contributed by atoms with Crippen LogP contribution in [-0.4, -0.2) is 54.3 Å². The lowest BCUT2D eigenvalue weighted by molar-refractivity contribution is -0.187. The van der Waals surface area contributed by atoms with Crippen LogP contribution < -0.4 is 5.32 Å². The minimum atomic E-state index is -4.11. The summed E-state index contributed by atoms with van der Waals surface area (Å²) in [5.41, 5.74) is 0. The molecule has 2 fully saturated rings. The van der Waals surface area contributed by atoms with Crippen molar-refractivity contribution in [3.63, 3.8) is 0 Å². The average molecular weight is 268 g/mol. The van der Waals surface area contributed by atoms with Gasteiger partial charge in [-0.15, -0.1) is 0 Å². The first-order chi connectivity index (χ1) is 8.09. The molecule has 0 aromatic rings. The predicted octanol–water partition coefficient (Wildman–Crippen LogP) is 2.11. The molecule has 0 spiro atoms. The molecule has 0 radical (unpaired) electrons. The van der Waals surface area contributed by atoms with E-state index in [9.17, 15) is 13.2 Å². The Labute approximate surface area is 104 Å². The Kier molecular flexibility index (Phi) is 4.60. The minimum Gasteiger partial charge on any atom is -0.315 e. The van der Waals surface area contributed by atoms with Gasteiger partial charge in [0.1, 0.15) is 6.04 Å². The number of nitrogens with one attached hydrogen (secondary N) is 1. The van der Waals surface area contributed by atoms with Crippen LogP contribution in [0.1, 0.15) is 19.3 Å². The molecule has 0 bridgehead atoms. The standard InChI is InChI=1S/C11H19F3N2S/c12-11(13,14)10-8-15-4-1-5-16(10)9-2-6-17-7-3-9/h9-10,15H,1-8H2. The third-order valence-electron chi connectivity index (χ3n) is 3.55. The van der Waals surface area contributed by atoms with Crippen LogP contribution in [0.4, 0.5) is 13.2 Å². The molecule has 2 rings (SSSR count). The zero-order valence-corrected chi connectivity index (χ0v) is 10.6. The second-order valence-electron chi connectivity index (χ2n) is 4.70. The van der Waals surface area contributed by atoms with E-state index in [2.05, 4.69) is 5.32 Å². The molecule has 0 aromatic heterocycles. The zero-order valence-electron chi connectivity index (χ0n) is 9.80. The first kappa shape index (κ1) is 13.5. The Morgan fingerprint density at radius 2 is 1.88 bits per heavy atom. The Morgan fingerprint density at radius 1 is 1.18 bits per heavy atom. The van der Waals surface area contributed by atoms with E-state index in [1.807, 2.05) is 11.8 Å². The Hall–Kier alpha value is 0.0600. The van der Waals surface area contributed by atoms with Gasteiger partial charge in [-0.25, -0.2) is 0 Å². The molecule has 2 nitrogen and oxygen atoms in total. The summed E-state index contributed by atoms with van der Waals surface area (Å²) in [6, 6.07) is -1.17. The summed E-state index contributed by atoms with van der Waals surface area (Å²) >= 11 is 1.85. The lowest BCUT2D eigenvalue weighted by atomic mass is 10.1. The topological polar surface area (TPSA) is 15.3 Å². The number of thioether (sulfide) groups is 1. The van der Waals surface area contributed by atoms with Crippen molar-refractivity contribution in [2.24, 2.45) is 0 Å². The number of hydrogen-bond acceptors (Lipinski definition) is 3. The highest BCUT2D eigenvalue weighted by Crippen LogP contribution is 2.31. The van der Waals surface area contributed by atoms with Crippen molar-refractivity contribution in [2.45, 2.75) is 37.5 Å². The summed E-state index contributed by atoms with van der Waals surface area (Å²) in [4.78, 5) is 1.71. The molecule has 17 heavy (non-hydrogen) atoms. The molecular formula is C11H19F3N2S. The van der Waals surface area contributed by atoms with E-state index >= 15 is 0 Å². The summed E-state index contributed by atoms with van der Waals surface area (Å²) in [5.74, 6) is 2.00. The van der Waals surface area contributed by atoms with Crippen molar-refractivity contribution in [3.05, 3.63) is 0 Å². The Bertz CT molecular complexity index is 241. The molecule has 1 atom stereocenters. The van der Waals surface area contributed by atoms with Crippen molar-refractivity contribution in [3.8, 4) is 0 Å². The van der Waals surface area contributed by atoms with Crippen molar-refractivity contribution in [1.29, 1.82) is 0 Å². The van der Waals surface area contributed by atoms with Crippen LogP contribution in [0.5, 0.6) is 0 Å². The van der Waals surface area contributed by atoms with Crippen molar-refractivity contribution in [1.82, 2.24) is 10.2 Å². The van der Waals surface area contributed by atoms with Gasteiger partial charge in [-0.3, -0.25) is 4.90 Å². The molecule has 2 saturated heterocycles. The Morgan fingerprint density at radius 3 is 2.53 bits per heavy atom. The monoisotopic (exact) mass is 268 g/mol. The Balaban J connectivity index is 2.07. The maximum atomic E-state index is 13.0. The van der Waals surface area contributed by atoms with Gasteiger partial charge in [-0.2, -0.15) is 24.9 Å². The number of alkyl halides is 3. The number of rotatable bonds is 1. The summed E-state index contributed by atoms with van der Waals surface area (Å²) in [5, 5.41) is 2.91. The molecular weight excluding hydrogens is 249 g/mol. The average Bonchev–Trinajstić information content (AvgIpc) is 2.54. The van der Waals surface area contributed by atoms with Crippen molar-refractivity contribution < 1.29 is 13.2 Å². The van der Waals surface area contributed by atoms with Crippen LogP contribution in [-0.2, 0) is 0 Å². The molecule has 2 heterocycles. The minimum absolute atomic E-state index is 0.0488. The van der Waals surface area contributed by atoms with Gasteiger partial charge >= 0.3 is 6.18 Å². The molecule has 2 aliphatic rings. The highest BCUT2D eigenvalue weighted by atomic mass is 32.2. The van der Waals surface area contributed by atoms with Crippen LogP contribution in [0.15, 0.2) is 0 Å². The first-order valence-electron chi connectivity index (χ1n) is 6.20. The van der Waals surface area contributed by atoms with Gasteiger partial charge in [-0.1, -0.05) is 0 Å². The molecule has 1 unspecified atom stereocenters. The highest BCUT2D eigenvalue weighted by Gasteiger charge is 2.45. The summed E-state index contributed by atoms with van der Waals surface area (Å²) in [7, 11) is 0. The number of halogens is 3. The quantitative estimate of drug-likeness (QED) is 0.784. The van der Waals surface area contributed by atoms with Gasteiger partial charge in [-0.05, 0) is 37.3 Å².